The molecule has 56 heavy (non-hydrogen) atoms. The van der Waals surface area contributed by atoms with Gasteiger partial charge in [-0.15, -0.1) is 0 Å². The maximum absolute atomic E-state index is 12.5. The van der Waals surface area contributed by atoms with Crippen molar-refractivity contribution in [1.29, 1.82) is 0 Å². The Hall–Kier alpha value is -0.950. The van der Waals surface area contributed by atoms with Crippen LogP contribution in [0.1, 0.15) is 271 Å². The molecule has 8 nitrogen and oxygen atoms in total. The number of phosphoric acid groups is 1. The number of unbranched alkanes of at least 4 members (excludes halogenated alkanes) is 36. The Morgan fingerprint density at radius 3 is 0.911 bits per heavy atom. The monoisotopic (exact) mass is 817 g/mol. The van der Waals surface area contributed by atoms with Gasteiger partial charge in [-0.25, -0.2) is 4.57 Å². The van der Waals surface area contributed by atoms with E-state index in [0.717, 1.165) is 32.1 Å². The summed E-state index contributed by atoms with van der Waals surface area (Å²) >= 11 is 0. The fraction of sp³-hybridized carbons (Fsp3) is 0.957. The van der Waals surface area contributed by atoms with Crippen LogP contribution < -0.4 is 0 Å². The highest BCUT2D eigenvalue weighted by Crippen LogP contribution is 2.36. The number of hydrogen-bond acceptors (Lipinski definition) is 6. The third-order valence-corrected chi connectivity index (χ3v) is 11.6. The molecule has 0 fully saturated rings. The maximum atomic E-state index is 12.5. The van der Waals surface area contributed by atoms with Crippen molar-refractivity contribution >= 4 is 19.8 Å². The number of carbonyl (C=O) groups is 2. The Labute approximate surface area is 346 Å². The van der Waals surface area contributed by atoms with Gasteiger partial charge < -0.3 is 19.3 Å². The first-order chi connectivity index (χ1) is 27.3. The van der Waals surface area contributed by atoms with Crippen molar-refractivity contribution in [2.45, 2.75) is 277 Å². The summed E-state index contributed by atoms with van der Waals surface area (Å²) in [6, 6.07) is 0. The number of esters is 2. The normalized spacial score (nSPS) is 12.3. The lowest BCUT2D eigenvalue weighted by Gasteiger charge is -2.18. The molecule has 0 amide bonds. The molecule has 1 atom stereocenters. The van der Waals surface area contributed by atoms with Crippen LogP contribution in [0, 0.1) is 0 Å². The third-order valence-electron chi connectivity index (χ3n) is 11.1. The first kappa shape index (κ1) is 55.0. The predicted molar refractivity (Wildman–Crippen MR) is 235 cm³/mol. The molecule has 1 unspecified atom stereocenters. The number of carbonyl (C=O) groups excluding carboxylic acids is 2. The summed E-state index contributed by atoms with van der Waals surface area (Å²) in [6.45, 7) is 3.75. The molecule has 0 aromatic carbocycles. The molecule has 0 rings (SSSR count). The highest BCUT2D eigenvalue weighted by Gasteiger charge is 2.23. The minimum absolute atomic E-state index is 0.221. The van der Waals surface area contributed by atoms with Crippen molar-refractivity contribution in [3.63, 3.8) is 0 Å². The van der Waals surface area contributed by atoms with Crippen LogP contribution in [0.2, 0.25) is 0 Å². The number of phosphoric ester groups is 1. The molecule has 0 radical (unpaired) electrons. The van der Waals surface area contributed by atoms with Gasteiger partial charge in [-0.2, -0.15) is 0 Å². The molecular formula is C47H93O8P. The number of ether oxygens (including phenoxy) is 2. The fourth-order valence-electron chi connectivity index (χ4n) is 7.49. The molecule has 0 aromatic heterocycles. The zero-order valence-electron chi connectivity index (χ0n) is 37.1. The van der Waals surface area contributed by atoms with Gasteiger partial charge >= 0.3 is 19.8 Å². The Morgan fingerprint density at radius 2 is 0.643 bits per heavy atom. The maximum Gasteiger partial charge on any atom is 0.469 e. The molecule has 2 N–H and O–H groups in total. The average molecular weight is 817 g/mol. The molecule has 0 aliphatic rings. The SMILES string of the molecule is CCCCCCCCCCCCCCCCCCCCCCC(=O)OC(COC(=O)CCCCCCCCCCCCCCCCCCCC)COP(=O)(O)O. The van der Waals surface area contributed by atoms with E-state index in [1.165, 1.54) is 205 Å². The van der Waals surface area contributed by atoms with Crippen LogP contribution in [0.15, 0.2) is 0 Å². The topological polar surface area (TPSA) is 119 Å². The molecule has 0 aromatic rings. The van der Waals surface area contributed by atoms with Gasteiger partial charge in [0.25, 0.3) is 0 Å². The van der Waals surface area contributed by atoms with Gasteiger partial charge in [0.2, 0.25) is 0 Å². The molecule has 0 saturated carbocycles. The highest BCUT2D eigenvalue weighted by atomic mass is 31.2. The predicted octanol–water partition coefficient (Wildman–Crippen LogP) is 15.2. The molecule has 0 spiro atoms. The molecule has 9 heteroatoms. The van der Waals surface area contributed by atoms with Gasteiger partial charge in [-0.3, -0.25) is 14.1 Å². The second-order valence-electron chi connectivity index (χ2n) is 16.8. The van der Waals surface area contributed by atoms with Crippen LogP contribution >= 0.6 is 7.82 Å². The lowest BCUT2D eigenvalue weighted by atomic mass is 10.0. The second-order valence-corrected chi connectivity index (χ2v) is 18.0. The van der Waals surface area contributed by atoms with Gasteiger partial charge in [0.05, 0.1) is 6.61 Å². The Bertz CT molecular complexity index is 878. The Balaban J connectivity index is 3.78. The third kappa shape index (κ3) is 45.7. The summed E-state index contributed by atoms with van der Waals surface area (Å²) < 4.78 is 26.5. The largest absolute Gasteiger partial charge is 0.469 e. The summed E-state index contributed by atoms with van der Waals surface area (Å²) in [4.78, 5) is 43.0. The number of rotatable bonds is 46. The lowest BCUT2D eigenvalue weighted by Crippen LogP contribution is -2.29. The average Bonchev–Trinajstić information content (AvgIpc) is 3.17. The van der Waals surface area contributed by atoms with Gasteiger partial charge in [0.15, 0.2) is 6.10 Å². The standard InChI is InChI=1S/C47H93O8P/c1-3-5-7-9-11-13-15-17-19-21-23-24-26-28-30-32-34-36-38-40-42-47(49)55-45(44-54-56(50,51)52)43-53-46(48)41-39-37-35-33-31-29-27-25-22-20-18-16-14-12-10-8-6-4-2/h45H,3-44H2,1-2H3,(H2,50,51,52). The van der Waals surface area contributed by atoms with Crippen LogP contribution in [-0.2, 0) is 28.2 Å². The molecule has 0 bridgehead atoms. The van der Waals surface area contributed by atoms with Crippen LogP contribution in [0.4, 0.5) is 0 Å². The van der Waals surface area contributed by atoms with E-state index in [4.69, 9.17) is 19.3 Å². The first-order valence-electron chi connectivity index (χ1n) is 24.3. The summed E-state index contributed by atoms with van der Waals surface area (Å²) in [5.41, 5.74) is 0. The zero-order chi connectivity index (χ0) is 41.1. The summed E-state index contributed by atoms with van der Waals surface area (Å²) in [5.74, 6) is -0.862. The van der Waals surface area contributed by atoms with Gasteiger partial charge in [-0.1, -0.05) is 245 Å². The molecular weight excluding hydrogens is 723 g/mol. The van der Waals surface area contributed by atoms with Crippen molar-refractivity contribution in [1.82, 2.24) is 0 Å². The molecule has 334 valence electrons. The van der Waals surface area contributed by atoms with Crippen LogP contribution in [0.3, 0.4) is 0 Å². The molecule has 0 aliphatic carbocycles. The van der Waals surface area contributed by atoms with E-state index in [1.54, 1.807) is 0 Å². The van der Waals surface area contributed by atoms with Gasteiger partial charge in [-0.05, 0) is 12.8 Å². The van der Waals surface area contributed by atoms with E-state index in [-0.39, 0.29) is 19.4 Å². The van der Waals surface area contributed by atoms with Crippen molar-refractivity contribution in [3.8, 4) is 0 Å². The van der Waals surface area contributed by atoms with Crippen molar-refractivity contribution in [2.75, 3.05) is 13.2 Å². The van der Waals surface area contributed by atoms with E-state index >= 15 is 0 Å². The van der Waals surface area contributed by atoms with Crippen LogP contribution in [0.25, 0.3) is 0 Å². The minimum atomic E-state index is -4.75. The smallest absolute Gasteiger partial charge is 0.462 e. The van der Waals surface area contributed by atoms with Crippen molar-refractivity contribution < 1.29 is 37.9 Å². The highest BCUT2D eigenvalue weighted by molar-refractivity contribution is 7.46. The second kappa shape index (κ2) is 43.6. The van der Waals surface area contributed by atoms with E-state index in [9.17, 15) is 14.2 Å². The van der Waals surface area contributed by atoms with E-state index in [0.29, 0.717) is 6.42 Å². The quantitative estimate of drug-likeness (QED) is 0.0354. The first-order valence-corrected chi connectivity index (χ1v) is 25.9. The van der Waals surface area contributed by atoms with Crippen LogP contribution in [-0.4, -0.2) is 41.0 Å². The Kier molecular flexibility index (Phi) is 42.9. The van der Waals surface area contributed by atoms with Crippen molar-refractivity contribution in [3.05, 3.63) is 0 Å². The lowest BCUT2D eigenvalue weighted by molar-refractivity contribution is -0.161. The van der Waals surface area contributed by atoms with Gasteiger partial charge in [0.1, 0.15) is 6.61 Å². The fourth-order valence-corrected chi connectivity index (χ4v) is 7.86. The Morgan fingerprint density at radius 1 is 0.393 bits per heavy atom. The summed E-state index contributed by atoms with van der Waals surface area (Å²) in [5, 5.41) is 0. The summed E-state index contributed by atoms with van der Waals surface area (Å²) in [7, 11) is -4.75. The number of hydrogen-bond donors (Lipinski definition) is 2. The molecule has 0 heterocycles. The summed E-state index contributed by atoms with van der Waals surface area (Å²) in [6.07, 6.45) is 48.3. The van der Waals surface area contributed by atoms with E-state index < -0.39 is 32.5 Å². The van der Waals surface area contributed by atoms with E-state index in [2.05, 4.69) is 18.4 Å². The van der Waals surface area contributed by atoms with Crippen molar-refractivity contribution in [2.24, 2.45) is 0 Å². The molecule has 0 aliphatic heterocycles. The minimum Gasteiger partial charge on any atom is -0.462 e. The van der Waals surface area contributed by atoms with E-state index in [1.807, 2.05) is 0 Å². The van der Waals surface area contributed by atoms with Crippen LogP contribution in [0.5, 0.6) is 0 Å². The van der Waals surface area contributed by atoms with Gasteiger partial charge in [0, 0.05) is 12.8 Å². The molecule has 0 saturated heterocycles. The zero-order valence-corrected chi connectivity index (χ0v) is 38.0.